The van der Waals surface area contributed by atoms with Crippen molar-refractivity contribution in [1.29, 1.82) is 0 Å². The molecule has 0 aromatic heterocycles. The minimum atomic E-state index is 0.191. The lowest BCUT2D eigenvalue weighted by Crippen LogP contribution is -2.27. The molecule has 1 heterocycles. The molecular formula is C12H15NO. The number of hydrogen-bond acceptors (Lipinski definition) is 1. The Morgan fingerprint density at radius 3 is 2.71 bits per heavy atom. The SMILES string of the molecule is CC(=O)N1CCCC1c1ccccc1. The molecular weight excluding hydrogens is 174 g/mol. The van der Waals surface area contributed by atoms with Crippen LogP contribution in [0.2, 0.25) is 0 Å². The molecule has 1 saturated heterocycles. The topological polar surface area (TPSA) is 20.3 Å². The molecule has 14 heavy (non-hydrogen) atoms. The minimum absolute atomic E-state index is 0.191. The fraction of sp³-hybridized carbons (Fsp3) is 0.417. The molecule has 1 aliphatic heterocycles. The van der Waals surface area contributed by atoms with Crippen LogP contribution in [0, 0.1) is 0 Å². The molecule has 1 aromatic rings. The maximum atomic E-state index is 11.4. The molecule has 0 radical (unpaired) electrons. The van der Waals surface area contributed by atoms with E-state index in [1.165, 1.54) is 5.56 Å². The van der Waals surface area contributed by atoms with Gasteiger partial charge in [0.25, 0.3) is 0 Å². The smallest absolute Gasteiger partial charge is 0.219 e. The number of rotatable bonds is 1. The second-order valence-corrected chi connectivity index (χ2v) is 3.78. The van der Waals surface area contributed by atoms with Crippen molar-refractivity contribution in [3.63, 3.8) is 0 Å². The van der Waals surface area contributed by atoms with Gasteiger partial charge >= 0.3 is 0 Å². The zero-order chi connectivity index (χ0) is 9.97. The second kappa shape index (κ2) is 3.82. The van der Waals surface area contributed by atoms with Crippen molar-refractivity contribution < 1.29 is 4.79 Å². The van der Waals surface area contributed by atoms with E-state index in [0.29, 0.717) is 6.04 Å². The van der Waals surface area contributed by atoms with Crippen LogP contribution < -0.4 is 0 Å². The average Bonchev–Trinajstić information content (AvgIpc) is 2.67. The van der Waals surface area contributed by atoms with Crippen molar-refractivity contribution in [1.82, 2.24) is 4.90 Å². The number of carbonyl (C=O) groups excluding carboxylic acids is 1. The van der Waals surface area contributed by atoms with E-state index < -0.39 is 0 Å². The summed E-state index contributed by atoms with van der Waals surface area (Å²) in [6.07, 6.45) is 2.22. The van der Waals surface area contributed by atoms with E-state index >= 15 is 0 Å². The Labute approximate surface area is 84.5 Å². The maximum Gasteiger partial charge on any atom is 0.219 e. The lowest BCUT2D eigenvalue weighted by Gasteiger charge is -2.23. The largest absolute Gasteiger partial charge is 0.336 e. The average molecular weight is 189 g/mol. The van der Waals surface area contributed by atoms with E-state index in [4.69, 9.17) is 0 Å². The highest BCUT2D eigenvalue weighted by Crippen LogP contribution is 2.31. The maximum absolute atomic E-state index is 11.4. The molecule has 1 atom stereocenters. The molecule has 1 aromatic carbocycles. The third-order valence-corrected chi connectivity index (χ3v) is 2.84. The molecule has 74 valence electrons. The van der Waals surface area contributed by atoms with Crippen molar-refractivity contribution in [2.45, 2.75) is 25.8 Å². The Bertz CT molecular complexity index is 320. The Morgan fingerprint density at radius 1 is 1.36 bits per heavy atom. The molecule has 2 heteroatoms. The summed E-state index contributed by atoms with van der Waals surface area (Å²) in [4.78, 5) is 13.3. The van der Waals surface area contributed by atoms with E-state index in [-0.39, 0.29) is 5.91 Å². The highest BCUT2D eigenvalue weighted by molar-refractivity contribution is 5.74. The molecule has 1 amide bonds. The van der Waals surface area contributed by atoms with Crippen molar-refractivity contribution in [2.75, 3.05) is 6.54 Å². The summed E-state index contributed by atoms with van der Waals surface area (Å²) < 4.78 is 0. The minimum Gasteiger partial charge on any atom is -0.336 e. The van der Waals surface area contributed by atoms with Crippen molar-refractivity contribution in [3.8, 4) is 0 Å². The van der Waals surface area contributed by atoms with Gasteiger partial charge in [0.15, 0.2) is 0 Å². The van der Waals surface area contributed by atoms with Crippen LogP contribution in [-0.2, 0) is 4.79 Å². The van der Waals surface area contributed by atoms with E-state index in [1.807, 2.05) is 23.1 Å². The van der Waals surface area contributed by atoms with Crippen LogP contribution in [0.15, 0.2) is 30.3 Å². The molecule has 2 rings (SSSR count). The predicted molar refractivity (Wildman–Crippen MR) is 55.8 cm³/mol. The number of carbonyl (C=O) groups is 1. The lowest BCUT2D eigenvalue weighted by atomic mass is 10.0. The first-order valence-corrected chi connectivity index (χ1v) is 5.11. The number of amides is 1. The van der Waals surface area contributed by atoms with Gasteiger partial charge in [-0.15, -0.1) is 0 Å². The summed E-state index contributed by atoms with van der Waals surface area (Å²) in [7, 11) is 0. The molecule has 0 spiro atoms. The van der Waals surface area contributed by atoms with Gasteiger partial charge in [0.2, 0.25) is 5.91 Å². The fourth-order valence-corrected chi connectivity index (χ4v) is 2.17. The standard InChI is InChI=1S/C12H15NO/c1-10(14)13-9-5-8-12(13)11-6-3-2-4-7-11/h2-4,6-7,12H,5,8-9H2,1H3. The number of benzene rings is 1. The van der Waals surface area contributed by atoms with Crippen LogP contribution in [0.3, 0.4) is 0 Å². The molecule has 0 saturated carbocycles. The Balaban J connectivity index is 2.22. The van der Waals surface area contributed by atoms with E-state index in [0.717, 1.165) is 19.4 Å². The first kappa shape index (κ1) is 9.25. The summed E-state index contributed by atoms with van der Waals surface area (Å²) in [5, 5.41) is 0. The van der Waals surface area contributed by atoms with Gasteiger partial charge in [-0.05, 0) is 18.4 Å². The van der Waals surface area contributed by atoms with Gasteiger partial charge in [-0.3, -0.25) is 4.79 Å². The van der Waals surface area contributed by atoms with Crippen molar-refractivity contribution in [3.05, 3.63) is 35.9 Å². The van der Waals surface area contributed by atoms with Crippen molar-refractivity contribution >= 4 is 5.91 Å². The number of nitrogens with zero attached hydrogens (tertiary/aromatic N) is 1. The molecule has 1 aliphatic rings. The first-order valence-electron chi connectivity index (χ1n) is 5.11. The van der Waals surface area contributed by atoms with Crippen LogP contribution in [0.4, 0.5) is 0 Å². The highest BCUT2D eigenvalue weighted by atomic mass is 16.2. The zero-order valence-electron chi connectivity index (χ0n) is 8.44. The van der Waals surface area contributed by atoms with Crippen LogP contribution in [0.5, 0.6) is 0 Å². The molecule has 2 nitrogen and oxygen atoms in total. The summed E-state index contributed by atoms with van der Waals surface area (Å²) in [5.41, 5.74) is 1.26. The number of hydrogen-bond donors (Lipinski definition) is 0. The molecule has 1 fully saturated rings. The Hall–Kier alpha value is -1.31. The van der Waals surface area contributed by atoms with Gasteiger partial charge in [0.05, 0.1) is 6.04 Å². The third kappa shape index (κ3) is 1.65. The van der Waals surface area contributed by atoms with Gasteiger partial charge in [-0.1, -0.05) is 30.3 Å². The fourth-order valence-electron chi connectivity index (χ4n) is 2.17. The normalized spacial score (nSPS) is 21.2. The second-order valence-electron chi connectivity index (χ2n) is 3.78. The van der Waals surface area contributed by atoms with Crippen molar-refractivity contribution in [2.24, 2.45) is 0 Å². The monoisotopic (exact) mass is 189 g/mol. The van der Waals surface area contributed by atoms with Crippen LogP contribution in [0.25, 0.3) is 0 Å². The Morgan fingerprint density at radius 2 is 2.07 bits per heavy atom. The molecule has 1 unspecified atom stereocenters. The van der Waals surface area contributed by atoms with Crippen LogP contribution in [-0.4, -0.2) is 17.4 Å². The molecule has 0 bridgehead atoms. The number of likely N-dealkylation sites (tertiary alicyclic amines) is 1. The summed E-state index contributed by atoms with van der Waals surface area (Å²) >= 11 is 0. The molecule has 0 aliphatic carbocycles. The lowest BCUT2D eigenvalue weighted by molar-refractivity contribution is -0.129. The summed E-state index contributed by atoms with van der Waals surface area (Å²) in [6.45, 7) is 2.57. The van der Waals surface area contributed by atoms with Gasteiger partial charge in [0.1, 0.15) is 0 Å². The summed E-state index contributed by atoms with van der Waals surface area (Å²) in [5.74, 6) is 0.191. The molecule has 0 N–H and O–H groups in total. The predicted octanol–water partition coefficient (Wildman–Crippen LogP) is 2.37. The van der Waals surface area contributed by atoms with Gasteiger partial charge in [-0.2, -0.15) is 0 Å². The Kier molecular flexibility index (Phi) is 2.53. The van der Waals surface area contributed by atoms with Gasteiger partial charge < -0.3 is 4.90 Å². The van der Waals surface area contributed by atoms with Gasteiger partial charge in [-0.25, -0.2) is 0 Å². The zero-order valence-corrected chi connectivity index (χ0v) is 8.44. The van der Waals surface area contributed by atoms with Gasteiger partial charge in [0, 0.05) is 13.5 Å². The van der Waals surface area contributed by atoms with E-state index in [1.54, 1.807) is 6.92 Å². The van der Waals surface area contributed by atoms with Crippen LogP contribution in [0.1, 0.15) is 31.4 Å². The van der Waals surface area contributed by atoms with E-state index in [2.05, 4.69) is 12.1 Å². The van der Waals surface area contributed by atoms with Crippen LogP contribution >= 0.6 is 0 Å². The first-order chi connectivity index (χ1) is 6.79. The summed E-state index contributed by atoms with van der Waals surface area (Å²) in [6, 6.07) is 10.6. The quantitative estimate of drug-likeness (QED) is 0.664. The van der Waals surface area contributed by atoms with E-state index in [9.17, 15) is 4.79 Å². The third-order valence-electron chi connectivity index (χ3n) is 2.84. The highest BCUT2D eigenvalue weighted by Gasteiger charge is 2.27.